The summed E-state index contributed by atoms with van der Waals surface area (Å²) in [7, 11) is 0. The Morgan fingerprint density at radius 1 is 1.22 bits per heavy atom. The molecule has 1 aromatic carbocycles. The Bertz CT molecular complexity index is 365. The van der Waals surface area contributed by atoms with Crippen LogP contribution < -0.4 is 4.74 Å². The van der Waals surface area contributed by atoms with Gasteiger partial charge in [0.05, 0.1) is 12.2 Å². The van der Waals surface area contributed by atoms with Crippen LogP contribution in [-0.4, -0.2) is 12.5 Å². The predicted octanol–water partition coefficient (Wildman–Crippen LogP) is 4.74. The fourth-order valence-corrected chi connectivity index (χ4v) is 1.90. The molecule has 0 aromatic heterocycles. The van der Waals surface area contributed by atoms with Crippen molar-refractivity contribution in [2.45, 2.75) is 25.9 Å². The second kappa shape index (κ2) is 6.88. The van der Waals surface area contributed by atoms with E-state index in [1.165, 1.54) is 18.2 Å². The second-order valence-electron chi connectivity index (χ2n) is 4.21. The van der Waals surface area contributed by atoms with Crippen LogP contribution in [0, 0.1) is 5.92 Å². The highest BCUT2D eigenvalue weighted by atomic mass is 35.5. The van der Waals surface area contributed by atoms with Crippen LogP contribution in [0.1, 0.15) is 25.3 Å². The second-order valence-corrected chi connectivity index (χ2v) is 4.59. The number of hydrogen-bond acceptors (Lipinski definition) is 1. The minimum atomic E-state index is -4.38. The smallest absolute Gasteiger partial charge is 0.419 e. The van der Waals surface area contributed by atoms with E-state index in [1.54, 1.807) is 0 Å². The van der Waals surface area contributed by atoms with Gasteiger partial charge in [-0.15, -0.1) is 11.6 Å². The highest BCUT2D eigenvalue weighted by Gasteiger charge is 2.33. The molecule has 0 saturated heterocycles. The first-order chi connectivity index (χ1) is 8.45. The topological polar surface area (TPSA) is 9.23 Å². The molecule has 0 bridgehead atoms. The van der Waals surface area contributed by atoms with E-state index in [0.29, 0.717) is 18.2 Å². The first kappa shape index (κ1) is 15.2. The van der Waals surface area contributed by atoms with Crippen LogP contribution in [0.15, 0.2) is 24.3 Å². The van der Waals surface area contributed by atoms with Crippen molar-refractivity contribution in [3.8, 4) is 5.75 Å². The molecule has 1 aromatic rings. The number of ether oxygens (including phenoxy) is 1. The van der Waals surface area contributed by atoms with Gasteiger partial charge in [-0.2, -0.15) is 13.2 Å². The van der Waals surface area contributed by atoms with Gasteiger partial charge in [-0.25, -0.2) is 0 Å². The number of halogens is 4. The van der Waals surface area contributed by atoms with Gasteiger partial charge >= 0.3 is 6.18 Å². The van der Waals surface area contributed by atoms with Gasteiger partial charge in [0.1, 0.15) is 5.75 Å². The zero-order chi connectivity index (χ0) is 13.6. The normalized spacial score (nSPS) is 13.4. The lowest BCUT2D eigenvalue weighted by molar-refractivity contribution is -0.139. The molecule has 18 heavy (non-hydrogen) atoms. The molecule has 0 fully saturated rings. The molecule has 1 unspecified atom stereocenters. The van der Waals surface area contributed by atoms with Crippen LogP contribution >= 0.6 is 11.6 Å². The molecule has 0 aliphatic heterocycles. The van der Waals surface area contributed by atoms with E-state index in [4.69, 9.17) is 16.3 Å². The van der Waals surface area contributed by atoms with Crippen LogP contribution in [0.5, 0.6) is 5.75 Å². The van der Waals surface area contributed by atoms with Gasteiger partial charge in [0.25, 0.3) is 0 Å². The lowest BCUT2D eigenvalue weighted by Crippen LogP contribution is -2.10. The fourth-order valence-electron chi connectivity index (χ4n) is 1.53. The Balaban J connectivity index is 2.57. The van der Waals surface area contributed by atoms with Crippen LogP contribution in [0.2, 0.25) is 0 Å². The molecular weight excluding hydrogens is 265 g/mol. The highest BCUT2D eigenvalue weighted by Crippen LogP contribution is 2.35. The first-order valence-corrected chi connectivity index (χ1v) is 6.33. The summed E-state index contributed by atoms with van der Waals surface area (Å²) < 4.78 is 43.2. The molecular formula is C13H16ClF3O. The van der Waals surface area contributed by atoms with E-state index < -0.39 is 11.7 Å². The first-order valence-electron chi connectivity index (χ1n) is 5.80. The number of para-hydroxylation sites is 1. The molecule has 0 amide bonds. The molecule has 5 heteroatoms. The van der Waals surface area contributed by atoms with Crippen LogP contribution in [-0.2, 0) is 6.18 Å². The Labute approximate surface area is 110 Å². The van der Waals surface area contributed by atoms with Gasteiger partial charge in [0.15, 0.2) is 0 Å². The standard InChI is InChI=1S/C13H16ClF3O/c1-10(6-8-14)7-9-18-12-5-3-2-4-11(12)13(15,16)17/h2-5,10H,6-9H2,1H3. The van der Waals surface area contributed by atoms with Gasteiger partial charge in [-0.05, 0) is 30.9 Å². The molecule has 0 saturated carbocycles. The van der Waals surface area contributed by atoms with Crippen molar-refractivity contribution in [2.24, 2.45) is 5.92 Å². The summed E-state index contributed by atoms with van der Waals surface area (Å²) in [6, 6.07) is 5.26. The monoisotopic (exact) mass is 280 g/mol. The number of hydrogen-bond donors (Lipinski definition) is 0. The van der Waals surface area contributed by atoms with Crippen molar-refractivity contribution in [3.63, 3.8) is 0 Å². The Kier molecular flexibility index (Phi) is 5.79. The summed E-state index contributed by atoms with van der Waals surface area (Å²) in [6.07, 6.45) is -2.84. The molecule has 0 aliphatic carbocycles. The Hall–Kier alpha value is -0.900. The minimum absolute atomic E-state index is 0.108. The molecule has 1 atom stereocenters. The van der Waals surface area contributed by atoms with Crippen molar-refractivity contribution < 1.29 is 17.9 Å². The predicted molar refractivity (Wildman–Crippen MR) is 66.1 cm³/mol. The van der Waals surface area contributed by atoms with Crippen molar-refractivity contribution in [1.29, 1.82) is 0 Å². The number of benzene rings is 1. The van der Waals surface area contributed by atoms with Gasteiger partial charge < -0.3 is 4.74 Å². The molecule has 0 spiro atoms. The zero-order valence-electron chi connectivity index (χ0n) is 10.1. The maximum atomic E-state index is 12.7. The molecule has 0 radical (unpaired) electrons. The molecule has 0 heterocycles. The number of alkyl halides is 4. The van der Waals surface area contributed by atoms with Gasteiger partial charge in [-0.3, -0.25) is 0 Å². The van der Waals surface area contributed by atoms with E-state index in [1.807, 2.05) is 6.92 Å². The fraction of sp³-hybridized carbons (Fsp3) is 0.538. The SMILES string of the molecule is CC(CCCl)CCOc1ccccc1C(F)(F)F. The average Bonchev–Trinajstić information content (AvgIpc) is 2.28. The average molecular weight is 281 g/mol. The lowest BCUT2D eigenvalue weighted by Gasteiger charge is -2.15. The third-order valence-corrected chi connectivity index (χ3v) is 2.88. The van der Waals surface area contributed by atoms with E-state index in [-0.39, 0.29) is 12.4 Å². The molecule has 0 N–H and O–H groups in total. The summed E-state index contributed by atoms with van der Waals surface area (Å²) in [6.45, 7) is 2.27. The van der Waals surface area contributed by atoms with Crippen LogP contribution in [0.25, 0.3) is 0 Å². The summed E-state index contributed by atoms with van der Waals surface area (Å²) in [5, 5.41) is 0. The summed E-state index contributed by atoms with van der Waals surface area (Å²) >= 11 is 5.59. The van der Waals surface area contributed by atoms with Crippen LogP contribution in [0.3, 0.4) is 0 Å². The molecule has 102 valence electrons. The molecule has 0 aliphatic rings. The van der Waals surface area contributed by atoms with Gasteiger partial charge in [0, 0.05) is 5.88 Å². The lowest BCUT2D eigenvalue weighted by atomic mass is 10.1. The Morgan fingerprint density at radius 2 is 1.89 bits per heavy atom. The highest BCUT2D eigenvalue weighted by molar-refractivity contribution is 6.17. The molecule has 1 rings (SSSR count). The minimum Gasteiger partial charge on any atom is -0.493 e. The van der Waals surface area contributed by atoms with E-state index >= 15 is 0 Å². The summed E-state index contributed by atoms with van der Waals surface area (Å²) in [5.74, 6) is 0.795. The molecule has 1 nitrogen and oxygen atoms in total. The largest absolute Gasteiger partial charge is 0.493 e. The third-order valence-electron chi connectivity index (χ3n) is 2.66. The zero-order valence-corrected chi connectivity index (χ0v) is 10.9. The van der Waals surface area contributed by atoms with E-state index in [9.17, 15) is 13.2 Å². The summed E-state index contributed by atoms with van der Waals surface area (Å²) in [5.41, 5.74) is -0.727. The van der Waals surface area contributed by atoms with Gasteiger partial charge in [-0.1, -0.05) is 19.1 Å². The van der Waals surface area contributed by atoms with E-state index in [0.717, 1.165) is 12.5 Å². The number of rotatable bonds is 6. The van der Waals surface area contributed by atoms with Gasteiger partial charge in [0.2, 0.25) is 0 Å². The summed E-state index contributed by atoms with van der Waals surface area (Å²) in [4.78, 5) is 0. The van der Waals surface area contributed by atoms with Crippen molar-refractivity contribution in [2.75, 3.05) is 12.5 Å². The third kappa shape index (κ3) is 4.77. The quantitative estimate of drug-likeness (QED) is 0.684. The van der Waals surface area contributed by atoms with Crippen molar-refractivity contribution in [3.05, 3.63) is 29.8 Å². The van der Waals surface area contributed by atoms with E-state index in [2.05, 4.69) is 0 Å². The Morgan fingerprint density at radius 3 is 2.50 bits per heavy atom. The van der Waals surface area contributed by atoms with Crippen molar-refractivity contribution in [1.82, 2.24) is 0 Å². The van der Waals surface area contributed by atoms with Crippen molar-refractivity contribution >= 4 is 11.6 Å². The van der Waals surface area contributed by atoms with Crippen LogP contribution in [0.4, 0.5) is 13.2 Å². The maximum absolute atomic E-state index is 12.7. The maximum Gasteiger partial charge on any atom is 0.419 e.